The van der Waals surface area contributed by atoms with Crippen LogP contribution in [0.2, 0.25) is 0 Å². The third-order valence-corrected chi connectivity index (χ3v) is 3.28. The number of carbonyl (C=O) groups is 1. The first-order chi connectivity index (χ1) is 10.4. The zero-order valence-corrected chi connectivity index (χ0v) is 15.0. The number of carbonyl (C=O) groups excluding carboxylic acids is 1. The van der Waals surface area contributed by atoms with E-state index in [-0.39, 0.29) is 30.6 Å². The third-order valence-electron chi connectivity index (χ3n) is 3.28. The molecule has 1 atom stereocenters. The predicted molar refractivity (Wildman–Crippen MR) is 89.3 cm³/mol. The fourth-order valence-corrected chi connectivity index (χ4v) is 1.79. The number of ether oxygens (including phenoxy) is 1. The van der Waals surface area contributed by atoms with Crippen LogP contribution in [0.4, 0.5) is 13.2 Å². The molecule has 4 nitrogen and oxygen atoms in total. The van der Waals surface area contributed by atoms with E-state index in [9.17, 15) is 18.0 Å². The third kappa shape index (κ3) is 7.40. The first-order valence-corrected chi connectivity index (χ1v) is 7.22. The molecule has 138 valence electrons. The summed E-state index contributed by atoms with van der Waals surface area (Å²) in [4.78, 5) is 12.0. The fraction of sp³-hybridized carbons (Fsp3) is 0.562. The Balaban J connectivity index is 0.00000529. The first kappa shape index (κ1) is 22.5. The van der Waals surface area contributed by atoms with Crippen LogP contribution in [-0.2, 0) is 11.3 Å². The van der Waals surface area contributed by atoms with Gasteiger partial charge in [-0.15, -0.1) is 12.4 Å². The summed E-state index contributed by atoms with van der Waals surface area (Å²) in [6, 6.07) is 4.17. The van der Waals surface area contributed by atoms with Crippen molar-refractivity contribution in [3.8, 4) is 5.75 Å². The van der Waals surface area contributed by atoms with Crippen molar-refractivity contribution in [2.75, 3.05) is 6.61 Å². The highest BCUT2D eigenvalue weighted by molar-refractivity contribution is 5.85. The fourth-order valence-electron chi connectivity index (χ4n) is 1.79. The minimum Gasteiger partial charge on any atom is -0.484 e. The molecule has 0 radical (unpaired) electrons. The number of hydrogen-bond acceptors (Lipinski definition) is 3. The molecule has 0 saturated carbocycles. The number of halogens is 4. The van der Waals surface area contributed by atoms with E-state index < -0.39 is 24.2 Å². The van der Waals surface area contributed by atoms with E-state index in [0.29, 0.717) is 5.56 Å². The molecule has 0 aliphatic rings. The van der Waals surface area contributed by atoms with Gasteiger partial charge in [-0.3, -0.25) is 4.79 Å². The molecule has 1 aromatic carbocycles. The summed E-state index contributed by atoms with van der Waals surface area (Å²) in [6.45, 7) is 5.93. The largest absolute Gasteiger partial charge is 0.484 e. The summed E-state index contributed by atoms with van der Waals surface area (Å²) in [7, 11) is 0. The molecule has 0 unspecified atom stereocenters. The number of rotatable bonds is 5. The number of benzene rings is 1. The normalized spacial score (nSPS) is 13.0. The van der Waals surface area contributed by atoms with Crippen molar-refractivity contribution in [3.63, 3.8) is 0 Å². The lowest BCUT2D eigenvalue weighted by molar-refractivity contribution is -0.153. The Morgan fingerprint density at radius 2 is 1.88 bits per heavy atom. The van der Waals surface area contributed by atoms with Crippen molar-refractivity contribution in [3.05, 3.63) is 29.3 Å². The van der Waals surface area contributed by atoms with Gasteiger partial charge in [0.1, 0.15) is 5.75 Å². The van der Waals surface area contributed by atoms with Crippen LogP contribution in [0, 0.1) is 12.3 Å². The summed E-state index contributed by atoms with van der Waals surface area (Å²) in [5, 5.41) is 2.64. The van der Waals surface area contributed by atoms with Gasteiger partial charge >= 0.3 is 6.18 Å². The van der Waals surface area contributed by atoms with Gasteiger partial charge in [0.15, 0.2) is 6.61 Å². The molecule has 0 aromatic heterocycles. The zero-order chi connectivity index (χ0) is 17.8. The van der Waals surface area contributed by atoms with E-state index in [1.807, 2.05) is 20.8 Å². The molecule has 0 heterocycles. The van der Waals surface area contributed by atoms with Crippen LogP contribution in [0.25, 0.3) is 0 Å². The van der Waals surface area contributed by atoms with Gasteiger partial charge in [-0.05, 0) is 24.0 Å². The minimum atomic E-state index is -4.42. The van der Waals surface area contributed by atoms with Gasteiger partial charge in [-0.1, -0.05) is 32.9 Å². The van der Waals surface area contributed by atoms with Crippen molar-refractivity contribution in [2.45, 2.75) is 46.5 Å². The van der Waals surface area contributed by atoms with Crippen molar-refractivity contribution in [1.82, 2.24) is 5.32 Å². The van der Waals surface area contributed by atoms with Crippen molar-refractivity contribution >= 4 is 18.3 Å². The van der Waals surface area contributed by atoms with E-state index in [4.69, 9.17) is 10.5 Å². The molecule has 3 N–H and O–H groups in total. The SMILES string of the molecule is Cc1ccc(CNC(=O)[C@@H](N)C(C)(C)C)c(OCC(F)(F)F)c1.Cl. The van der Waals surface area contributed by atoms with E-state index in [0.717, 1.165) is 5.56 Å². The number of alkyl halides is 3. The highest BCUT2D eigenvalue weighted by Crippen LogP contribution is 2.24. The van der Waals surface area contributed by atoms with Gasteiger partial charge in [-0.25, -0.2) is 0 Å². The van der Waals surface area contributed by atoms with Crippen molar-refractivity contribution in [2.24, 2.45) is 11.1 Å². The molecule has 0 saturated heterocycles. The van der Waals surface area contributed by atoms with Gasteiger partial charge in [-0.2, -0.15) is 13.2 Å². The summed E-state index contributed by atoms with van der Waals surface area (Å²) < 4.78 is 41.8. The number of hydrogen-bond donors (Lipinski definition) is 2. The highest BCUT2D eigenvalue weighted by atomic mass is 35.5. The van der Waals surface area contributed by atoms with Crippen LogP contribution >= 0.6 is 12.4 Å². The number of amides is 1. The lowest BCUT2D eigenvalue weighted by Gasteiger charge is -2.26. The van der Waals surface area contributed by atoms with Crippen molar-refractivity contribution in [1.29, 1.82) is 0 Å². The molecule has 0 spiro atoms. The zero-order valence-electron chi connectivity index (χ0n) is 14.2. The Labute approximate surface area is 146 Å². The molecule has 24 heavy (non-hydrogen) atoms. The predicted octanol–water partition coefficient (Wildman–Crippen LogP) is 3.35. The highest BCUT2D eigenvalue weighted by Gasteiger charge is 2.29. The standard InChI is InChI=1S/C16H23F3N2O2.ClH/c1-10-5-6-11(12(7-10)23-9-16(17,18)19)8-21-14(22)13(20)15(2,3)4;/h5-7,13H,8-9,20H2,1-4H3,(H,21,22);1H/t13-;/m1./s1. The summed E-state index contributed by atoms with van der Waals surface area (Å²) >= 11 is 0. The van der Waals surface area contributed by atoms with E-state index in [1.54, 1.807) is 19.1 Å². The quantitative estimate of drug-likeness (QED) is 0.837. The van der Waals surface area contributed by atoms with E-state index >= 15 is 0 Å². The van der Waals surface area contributed by atoms with Crippen LogP contribution in [0.1, 0.15) is 31.9 Å². The van der Waals surface area contributed by atoms with Crippen LogP contribution < -0.4 is 15.8 Å². The molecule has 0 bridgehead atoms. The average Bonchev–Trinajstić information content (AvgIpc) is 2.41. The Hall–Kier alpha value is -1.47. The van der Waals surface area contributed by atoms with Crippen LogP contribution in [0.5, 0.6) is 5.75 Å². The molecule has 0 fully saturated rings. The molecular formula is C16H24ClF3N2O2. The maximum Gasteiger partial charge on any atom is 0.422 e. The van der Waals surface area contributed by atoms with Crippen molar-refractivity contribution < 1.29 is 22.7 Å². The lowest BCUT2D eigenvalue weighted by Crippen LogP contribution is -2.48. The van der Waals surface area contributed by atoms with Gasteiger partial charge in [0.05, 0.1) is 6.04 Å². The first-order valence-electron chi connectivity index (χ1n) is 7.22. The summed E-state index contributed by atoms with van der Waals surface area (Å²) in [6.07, 6.45) is -4.42. The number of nitrogens with two attached hydrogens (primary N) is 1. The molecule has 1 rings (SSSR count). The molecule has 8 heteroatoms. The van der Waals surface area contributed by atoms with E-state index in [2.05, 4.69) is 5.32 Å². The second-order valence-corrected chi connectivity index (χ2v) is 6.58. The van der Waals surface area contributed by atoms with E-state index in [1.165, 1.54) is 6.07 Å². The Morgan fingerprint density at radius 3 is 2.38 bits per heavy atom. The van der Waals surface area contributed by atoms with Crippen LogP contribution in [0.15, 0.2) is 18.2 Å². The van der Waals surface area contributed by atoms with Gasteiger partial charge in [0, 0.05) is 12.1 Å². The van der Waals surface area contributed by atoms with Crippen LogP contribution in [0.3, 0.4) is 0 Å². The maximum atomic E-state index is 12.3. The second-order valence-electron chi connectivity index (χ2n) is 6.58. The summed E-state index contributed by atoms with van der Waals surface area (Å²) in [5.41, 5.74) is 6.67. The average molecular weight is 369 g/mol. The van der Waals surface area contributed by atoms with Gasteiger partial charge in [0.25, 0.3) is 0 Å². The molecule has 0 aliphatic carbocycles. The maximum absolute atomic E-state index is 12.3. The van der Waals surface area contributed by atoms with Crippen LogP contribution in [-0.4, -0.2) is 24.7 Å². The van der Waals surface area contributed by atoms with Gasteiger partial charge in [0.2, 0.25) is 5.91 Å². The number of nitrogens with one attached hydrogen (secondary N) is 1. The molecule has 1 aromatic rings. The monoisotopic (exact) mass is 368 g/mol. The van der Waals surface area contributed by atoms with Gasteiger partial charge < -0.3 is 15.8 Å². The Kier molecular flexibility index (Phi) is 8.05. The Morgan fingerprint density at radius 1 is 1.29 bits per heavy atom. The molecule has 0 aliphatic heterocycles. The Bertz CT molecular complexity index is 557. The molecular weight excluding hydrogens is 345 g/mol. The second kappa shape index (κ2) is 8.58. The lowest BCUT2D eigenvalue weighted by atomic mass is 9.87. The molecule has 1 amide bonds. The number of aryl methyl sites for hydroxylation is 1. The summed E-state index contributed by atoms with van der Waals surface area (Å²) in [5.74, 6) is -0.258. The topological polar surface area (TPSA) is 64.4 Å². The minimum absolute atomic E-state index is 0. The smallest absolute Gasteiger partial charge is 0.422 e.